The van der Waals surface area contributed by atoms with Gasteiger partial charge in [-0.05, 0) is 24.9 Å². The minimum absolute atomic E-state index is 0.177. The highest BCUT2D eigenvalue weighted by atomic mass is 35.5. The van der Waals surface area contributed by atoms with Gasteiger partial charge in [0.15, 0.2) is 0 Å². The normalized spacial score (nSPS) is 12.9. The van der Waals surface area contributed by atoms with E-state index in [4.69, 9.17) is 11.6 Å². The Morgan fingerprint density at radius 2 is 2.42 bits per heavy atom. The number of hydrogen-bond donors (Lipinski definition) is 1. The molecule has 0 saturated heterocycles. The van der Waals surface area contributed by atoms with Crippen molar-refractivity contribution < 1.29 is 0 Å². The van der Waals surface area contributed by atoms with E-state index < -0.39 is 0 Å². The monoisotopic (exact) mass is 201 g/mol. The average Bonchev–Trinajstić information content (AvgIpc) is 2.38. The van der Waals surface area contributed by atoms with Crippen molar-refractivity contribution in [2.75, 3.05) is 7.05 Å². The van der Waals surface area contributed by atoms with Crippen molar-refractivity contribution in [2.45, 2.75) is 13.0 Å². The van der Waals surface area contributed by atoms with Crippen molar-refractivity contribution in [1.29, 1.82) is 0 Å². The second-order valence-corrected chi connectivity index (χ2v) is 3.89. The van der Waals surface area contributed by atoms with Crippen LogP contribution in [0.5, 0.6) is 0 Å². The molecule has 1 rings (SSSR count). The van der Waals surface area contributed by atoms with Crippen LogP contribution in [-0.2, 0) is 0 Å². The maximum Gasteiger partial charge on any atom is 0.0610 e. The first kappa shape index (κ1) is 9.78. The number of aryl methyl sites for hydroxylation is 1. The Balaban J connectivity index is 3.00. The maximum atomic E-state index is 6.08. The van der Waals surface area contributed by atoms with Gasteiger partial charge in [-0.1, -0.05) is 17.7 Å². The number of hydrogen-bond acceptors (Lipinski definition) is 2. The molecule has 0 spiro atoms. The molecule has 0 saturated carbocycles. The SMILES string of the molecule is C=CC(NC)c1scc(C)c1Cl. The summed E-state index contributed by atoms with van der Waals surface area (Å²) in [6.07, 6.45) is 1.86. The molecule has 0 aliphatic heterocycles. The molecule has 1 aromatic rings. The van der Waals surface area contributed by atoms with Gasteiger partial charge in [0.05, 0.1) is 11.1 Å². The highest BCUT2D eigenvalue weighted by molar-refractivity contribution is 7.10. The van der Waals surface area contributed by atoms with Crippen molar-refractivity contribution in [3.8, 4) is 0 Å². The first-order valence-electron chi connectivity index (χ1n) is 3.74. The Bertz CT molecular complexity index is 280. The lowest BCUT2D eigenvalue weighted by Crippen LogP contribution is -2.12. The quantitative estimate of drug-likeness (QED) is 0.741. The summed E-state index contributed by atoms with van der Waals surface area (Å²) in [5, 5.41) is 6.05. The number of nitrogens with one attached hydrogen (secondary N) is 1. The van der Waals surface area contributed by atoms with Gasteiger partial charge in [0.2, 0.25) is 0 Å². The lowest BCUT2D eigenvalue weighted by atomic mass is 10.2. The summed E-state index contributed by atoms with van der Waals surface area (Å²) in [6, 6.07) is 0.177. The number of thiophene rings is 1. The molecule has 1 aromatic heterocycles. The van der Waals surface area contributed by atoms with Crippen LogP contribution in [0.25, 0.3) is 0 Å². The first-order valence-corrected chi connectivity index (χ1v) is 4.99. The van der Waals surface area contributed by atoms with Crippen molar-refractivity contribution in [3.63, 3.8) is 0 Å². The zero-order valence-corrected chi connectivity index (χ0v) is 8.80. The fourth-order valence-corrected chi connectivity index (χ4v) is 2.43. The molecule has 66 valence electrons. The molecule has 0 aliphatic rings. The summed E-state index contributed by atoms with van der Waals surface area (Å²) in [6.45, 7) is 5.76. The van der Waals surface area contributed by atoms with Crippen molar-refractivity contribution in [1.82, 2.24) is 5.32 Å². The topological polar surface area (TPSA) is 12.0 Å². The minimum atomic E-state index is 0.177. The van der Waals surface area contributed by atoms with Crippen LogP contribution in [0.3, 0.4) is 0 Å². The summed E-state index contributed by atoms with van der Waals surface area (Å²) < 4.78 is 0. The molecule has 1 unspecified atom stereocenters. The Labute approximate surface area is 82.1 Å². The van der Waals surface area contributed by atoms with Gasteiger partial charge in [-0.25, -0.2) is 0 Å². The molecular formula is C9H12ClNS. The second-order valence-electron chi connectivity index (χ2n) is 2.60. The van der Waals surface area contributed by atoms with E-state index in [0.717, 1.165) is 15.5 Å². The molecule has 12 heavy (non-hydrogen) atoms. The van der Waals surface area contributed by atoms with E-state index in [1.807, 2.05) is 20.0 Å². The molecule has 1 heterocycles. The van der Waals surface area contributed by atoms with Crippen LogP contribution < -0.4 is 5.32 Å². The zero-order valence-electron chi connectivity index (χ0n) is 7.23. The van der Waals surface area contributed by atoms with Gasteiger partial charge in [0, 0.05) is 4.88 Å². The molecule has 0 bridgehead atoms. The van der Waals surface area contributed by atoms with Crippen LogP contribution in [0.15, 0.2) is 18.0 Å². The molecule has 1 N–H and O–H groups in total. The number of likely N-dealkylation sites (N-methyl/N-ethyl adjacent to an activating group) is 1. The Morgan fingerprint density at radius 3 is 2.75 bits per heavy atom. The van der Waals surface area contributed by atoms with E-state index in [9.17, 15) is 0 Å². The third kappa shape index (κ3) is 1.71. The standard InChI is InChI=1S/C9H12ClNS/c1-4-7(11-3)9-8(10)6(2)5-12-9/h4-5,7,11H,1H2,2-3H3. The smallest absolute Gasteiger partial charge is 0.0610 e. The van der Waals surface area contributed by atoms with E-state index >= 15 is 0 Å². The Kier molecular flexibility index (Phi) is 3.32. The lowest BCUT2D eigenvalue weighted by Gasteiger charge is -2.08. The Morgan fingerprint density at radius 1 is 1.75 bits per heavy atom. The fraction of sp³-hybridized carbons (Fsp3) is 0.333. The average molecular weight is 202 g/mol. The third-order valence-corrected chi connectivity index (χ3v) is 3.55. The largest absolute Gasteiger partial charge is 0.309 e. The van der Waals surface area contributed by atoms with Crippen molar-refractivity contribution >= 4 is 22.9 Å². The summed E-state index contributed by atoms with van der Waals surface area (Å²) in [7, 11) is 1.90. The highest BCUT2D eigenvalue weighted by Gasteiger charge is 2.12. The molecule has 0 radical (unpaired) electrons. The van der Waals surface area contributed by atoms with Crippen LogP contribution in [0, 0.1) is 6.92 Å². The van der Waals surface area contributed by atoms with Gasteiger partial charge in [-0.2, -0.15) is 0 Å². The first-order chi connectivity index (χ1) is 5.70. The zero-order chi connectivity index (χ0) is 9.14. The van der Waals surface area contributed by atoms with Crippen LogP contribution in [0.2, 0.25) is 5.02 Å². The van der Waals surface area contributed by atoms with E-state index in [-0.39, 0.29) is 6.04 Å². The summed E-state index contributed by atoms with van der Waals surface area (Å²) in [4.78, 5) is 1.15. The van der Waals surface area contributed by atoms with Gasteiger partial charge in [-0.15, -0.1) is 17.9 Å². The van der Waals surface area contributed by atoms with E-state index in [0.29, 0.717) is 0 Å². The second kappa shape index (κ2) is 4.08. The summed E-state index contributed by atoms with van der Waals surface area (Å²) in [5.41, 5.74) is 1.14. The van der Waals surface area contributed by atoms with Gasteiger partial charge in [0.1, 0.15) is 0 Å². The van der Waals surface area contributed by atoms with E-state index in [1.54, 1.807) is 11.3 Å². The molecule has 0 aliphatic carbocycles. The van der Waals surface area contributed by atoms with Crippen LogP contribution in [0.1, 0.15) is 16.5 Å². The van der Waals surface area contributed by atoms with Crippen LogP contribution in [-0.4, -0.2) is 7.05 Å². The number of halogens is 1. The Hall–Kier alpha value is -0.310. The predicted molar refractivity (Wildman–Crippen MR) is 56.1 cm³/mol. The predicted octanol–water partition coefficient (Wildman–Crippen LogP) is 3.16. The lowest BCUT2D eigenvalue weighted by molar-refractivity contribution is 0.729. The molecule has 0 amide bonds. The van der Waals surface area contributed by atoms with Crippen molar-refractivity contribution in [2.24, 2.45) is 0 Å². The fourth-order valence-electron chi connectivity index (χ4n) is 1.02. The molecule has 3 heteroatoms. The van der Waals surface area contributed by atoms with Gasteiger partial charge in [-0.3, -0.25) is 0 Å². The number of rotatable bonds is 3. The summed E-state index contributed by atoms with van der Waals surface area (Å²) in [5.74, 6) is 0. The molecular weight excluding hydrogens is 190 g/mol. The van der Waals surface area contributed by atoms with E-state index in [1.165, 1.54) is 0 Å². The summed E-state index contributed by atoms with van der Waals surface area (Å²) >= 11 is 7.75. The van der Waals surface area contributed by atoms with Gasteiger partial charge < -0.3 is 5.32 Å². The molecule has 0 fully saturated rings. The van der Waals surface area contributed by atoms with E-state index in [2.05, 4.69) is 17.3 Å². The minimum Gasteiger partial charge on any atom is -0.309 e. The molecule has 1 nitrogen and oxygen atoms in total. The van der Waals surface area contributed by atoms with Crippen LogP contribution >= 0.6 is 22.9 Å². The van der Waals surface area contributed by atoms with Gasteiger partial charge in [0.25, 0.3) is 0 Å². The highest BCUT2D eigenvalue weighted by Crippen LogP contribution is 2.32. The molecule has 1 atom stereocenters. The maximum absolute atomic E-state index is 6.08. The molecule has 0 aromatic carbocycles. The van der Waals surface area contributed by atoms with Gasteiger partial charge >= 0.3 is 0 Å². The van der Waals surface area contributed by atoms with Crippen LogP contribution in [0.4, 0.5) is 0 Å². The third-order valence-electron chi connectivity index (χ3n) is 1.75. The van der Waals surface area contributed by atoms with Crippen molar-refractivity contribution in [3.05, 3.63) is 33.5 Å².